The molecule has 0 aromatic carbocycles. The molecule has 0 fully saturated rings. The molecule has 0 rings (SSSR count). The average Bonchev–Trinajstić information content (AvgIpc) is 3.36. The van der Waals surface area contributed by atoms with Gasteiger partial charge >= 0.3 is 17.9 Å². The Morgan fingerprint density at radius 2 is 0.753 bits per heavy atom. The van der Waals surface area contributed by atoms with Crippen molar-refractivity contribution < 1.29 is 42.9 Å². The predicted molar refractivity (Wildman–Crippen MR) is 308 cm³/mol. The van der Waals surface area contributed by atoms with E-state index in [-0.39, 0.29) is 38.6 Å². The van der Waals surface area contributed by atoms with Crippen LogP contribution in [-0.4, -0.2) is 87.4 Å². The van der Waals surface area contributed by atoms with Crippen LogP contribution in [0, 0.1) is 0 Å². The summed E-state index contributed by atoms with van der Waals surface area (Å²) in [7, 11) is 5.92. The van der Waals surface area contributed by atoms with Crippen LogP contribution in [0.15, 0.2) is 158 Å². The van der Waals surface area contributed by atoms with Gasteiger partial charge in [0, 0.05) is 12.8 Å². The summed E-state index contributed by atoms with van der Waals surface area (Å²) in [6.07, 6.45) is 76.1. The first-order valence-electron chi connectivity index (χ1n) is 27.6. The molecule has 2 unspecified atom stereocenters. The first-order chi connectivity index (χ1) is 35.6. The number of esters is 2. The van der Waals surface area contributed by atoms with E-state index in [0.717, 1.165) is 122 Å². The van der Waals surface area contributed by atoms with Crippen molar-refractivity contribution in [1.29, 1.82) is 0 Å². The van der Waals surface area contributed by atoms with Crippen LogP contribution >= 0.6 is 0 Å². The lowest BCUT2D eigenvalue weighted by atomic mass is 10.1. The van der Waals surface area contributed by atoms with Gasteiger partial charge in [-0.1, -0.05) is 198 Å². The maximum absolute atomic E-state index is 12.8. The molecule has 0 aliphatic rings. The number of carbonyl (C=O) groups is 3. The molecule has 0 heterocycles. The van der Waals surface area contributed by atoms with Gasteiger partial charge in [-0.25, -0.2) is 4.79 Å². The Balaban J connectivity index is 4.47. The first-order valence-corrected chi connectivity index (χ1v) is 27.6. The van der Waals surface area contributed by atoms with Crippen LogP contribution in [-0.2, 0) is 33.3 Å². The molecule has 2 atom stereocenters. The molecule has 0 aromatic heterocycles. The minimum absolute atomic E-state index is 0.164. The van der Waals surface area contributed by atoms with Gasteiger partial charge in [-0.2, -0.15) is 0 Å². The number of carboxylic acid groups (broad SMARTS) is 1. The van der Waals surface area contributed by atoms with E-state index in [0.29, 0.717) is 30.3 Å². The molecule has 0 aliphatic heterocycles. The van der Waals surface area contributed by atoms with Gasteiger partial charge in [0.05, 0.1) is 34.4 Å². The molecule has 0 spiro atoms. The number of hydrogen-bond donors (Lipinski definition) is 1. The Hall–Kier alpha value is -5.09. The van der Waals surface area contributed by atoms with Gasteiger partial charge in [0.25, 0.3) is 6.29 Å². The number of likely N-dealkylation sites (N-methyl/N-ethyl adjacent to an activating group) is 1. The largest absolute Gasteiger partial charge is 0.477 e. The Morgan fingerprint density at radius 3 is 1.14 bits per heavy atom. The van der Waals surface area contributed by atoms with E-state index >= 15 is 0 Å². The van der Waals surface area contributed by atoms with Gasteiger partial charge in [-0.15, -0.1) is 0 Å². The summed E-state index contributed by atoms with van der Waals surface area (Å²) in [6.45, 7) is 4.53. The molecule has 0 aromatic rings. The molecule has 73 heavy (non-hydrogen) atoms. The number of allylic oxidation sites excluding steroid dienone is 26. The highest BCUT2D eigenvalue weighted by atomic mass is 16.7. The Kier molecular flexibility index (Phi) is 49.5. The topological polar surface area (TPSA) is 108 Å². The summed E-state index contributed by atoms with van der Waals surface area (Å²) >= 11 is 0. The summed E-state index contributed by atoms with van der Waals surface area (Å²) in [5.74, 6) is -2.13. The Bertz CT molecular complexity index is 1750. The quantitative estimate of drug-likeness (QED) is 0.0211. The fourth-order valence-electron chi connectivity index (χ4n) is 6.59. The second-order valence-electron chi connectivity index (χ2n) is 18.8. The SMILES string of the molecule is CC/C=C\C/C=C\C/C=C\C/C=C\C/C=C\C/C=C\C/C=C\C/C=C\C/C=C\CCCC(=O)OC(COC(=O)CCCCCCCC/C=C\C/C=C\C/C=C\C/C=C\CC)COC(OCC[N+](C)(C)C)C(=O)O. The lowest BCUT2D eigenvalue weighted by molar-refractivity contribution is -0.870. The number of unbranched alkanes of at least 4 members (excludes halogenated alkanes) is 7. The van der Waals surface area contributed by atoms with Crippen LogP contribution in [0.4, 0.5) is 0 Å². The monoisotopic (exact) mass is 1010 g/mol. The highest BCUT2D eigenvalue weighted by Crippen LogP contribution is 2.12. The fraction of sp³-hybridized carbons (Fsp3) is 0.547. The highest BCUT2D eigenvalue weighted by Gasteiger charge is 2.25. The number of ether oxygens (including phenoxy) is 4. The van der Waals surface area contributed by atoms with E-state index < -0.39 is 24.3 Å². The zero-order chi connectivity index (χ0) is 53.4. The third-order valence-corrected chi connectivity index (χ3v) is 10.8. The van der Waals surface area contributed by atoms with E-state index in [1.807, 2.05) is 21.1 Å². The van der Waals surface area contributed by atoms with E-state index in [1.165, 1.54) is 0 Å². The summed E-state index contributed by atoms with van der Waals surface area (Å²) < 4.78 is 22.7. The molecule has 0 radical (unpaired) electrons. The number of carboxylic acids is 1. The smallest absolute Gasteiger partial charge is 0.361 e. The zero-order valence-corrected chi connectivity index (χ0v) is 46.2. The van der Waals surface area contributed by atoms with Gasteiger partial charge < -0.3 is 28.5 Å². The van der Waals surface area contributed by atoms with Crippen molar-refractivity contribution in [3.05, 3.63) is 158 Å². The molecular formula is C64H100NO8+. The number of carbonyl (C=O) groups excluding carboxylic acids is 2. The van der Waals surface area contributed by atoms with Gasteiger partial charge in [-0.05, 0) is 116 Å². The third-order valence-electron chi connectivity index (χ3n) is 10.8. The van der Waals surface area contributed by atoms with Crippen LogP contribution < -0.4 is 0 Å². The maximum Gasteiger partial charge on any atom is 0.361 e. The Morgan fingerprint density at radius 1 is 0.411 bits per heavy atom. The van der Waals surface area contributed by atoms with Crippen molar-refractivity contribution in [2.45, 2.75) is 180 Å². The van der Waals surface area contributed by atoms with Crippen molar-refractivity contribution in [3.8, 4) is 0 Å². The minimum atomic E-state index is -1.54. The Labute approximate surface area is 444 Å². The molecule has 0 amide bonds. The van der Waals surface area contributed by atoms with Crippen molar-refractivity contribution in [3.63, 3.8) is 0 Å². The fourth-order valence-corrected chi connectivity index (χ4v) is 6.59. The molecule has 9 heteroatoms. The molecule has 0 saturated heterocycles. The van der Waals surface area contributed by atoms with Crippen LogP contribution in [0.25, 0.3) is 0 Å². The molecule has 0 saturated carbocycles. The molecule has 9 nitrogen and oxygen atoms in total. The third kappa shape index (κ3) is 54.5. The van der Waals surface area contributed by atoms with Crippen LogP contribution in [0.5, 0.6) is 0 Å². The van der Waals surface area contributed by atoms with Crippen LogP contribution in [0.3, 0.4) is 0 Å². The lowest BCUT2D eigenvalue weighted by Crippen LogP contribution is -2.40. The van der Waals surface area contributed by atoms with Gasteiger partial charge in [-0.3, -0.25) is 9.59 Å². The summed E-state index contributed by atoms with van der Waals surface area (Å²) in [4.78, 5) is 37.4. The normalized spacial score (nSPS) is 14.0. The molecule has 1 N–H and O–H groups in total. The van der Waals surface area contributed by atoms with Crippen molar-refractivity contribution >= 4 is 17.9 Å². The second kappa shape index (κ2) is 53.2. The van der Waals surface area contributed by atoms with Gasteiger partial charge in [0.15, 0.2) is 6.10 Å². The maximum atomic E-state index is 12.8. The average molecular weight is 1010 g/mol. The number of quaternary nitrogens is 1. The highest BCUT2D eigenvalue weighted by molar-refractivity contribution is 5.71. The first kappa shape index (κ1) is 67.9. The van der Waals surface area contributed by atoms with Crippen LogP contribution in [0.2, 0.25) is 0 Å². The van der Waals surface area contributed by atoms with E-state index in [4.69, 9.17) is 18.9 Å². The molecule has 408 valence electrons. The number of nitrogens with zero attached hydrogens (tertiary/aromatic N) is 1. The number of rotatable bonds is 48. The second-order valence-corrected chi connectivity index (χ2v) is 18.8. The van der Waals surface area contributed by atoms with Crippen LogP contribution in [0.1, 0.15) is 168 Å². The van der Waals surface area contributed by atoms with Gasteiger partial charge in [0.1, 0.15) is 13.2 Å². The molecular weight excluding hydrogens is 911 g/mol. The van der Waals surface area contributed by atoms with E-state index in [2.05, 4.69) is 172 Å². The summed E-state index contributed by atoms with van der Waals surface area (Å²) in [5.41, 5.74) is 0. The zero-order valence-electron chi connectivity index (χ0n) is 46.2. The van der Waals surface area contributed by atoms with Gasteiger partial charge in [0.2, 0.25) is 0 Å². The van der Waals surface area contributed by atoms with Crippen molar-refractivity contribution in [1.82, 2.24) is 0 Å². The standard InChI is InChI=1S/C64H99NO8/c1-6-8-10-12-14-16-18-20-22-24-26-27-28-29-30-31-32-33-34-35-37-39-41-43-45-47-49-51-53-55-62(67)73-60(59-72-64(63(68)69)70-57-56-65(3,4)5)58-71-61(66)54-52-50-48-46-44-42-40-38-36-25-23-21-19-17-15-13-11-9-7-2/h8-11,14-17,20-23,26-27,29-30,32-33,35-38,41,43,47,49,60,64H,6-7,12-13,18-19,24-25,28,31,34,39-40,42,44-46,48,50-59H2,1-5H3/p+1/b10-8-,11-9-,16-14-,17-15-,22-20-,23-21-,27-26-,30-29-,33-32-,37-35-,38-36-,43-41-,49-47-. The lowest BCUT2D eigenvalue weighted by Gasteiger charge is -2.25. The number of hydrogen-bond acceptors (Lipinski definition) is 7. The summed E-state index contributed by atoms with van der Waals surface area (Å²) in [6, 6.07) is 0. The van der Waals surface area contributed by atoms with Crippen molar-refractivity contribution in [2.75, 3.05) is 47.5 Å². The molecule has 0 aliphatic carbocycles. The van der Waals surface area contributed by atoms with Crippen molar-refractivity contribution in [2.24, 2.45) is 0 Å². The summed E-state index contributed by atoms with van der Waals surface area (Å²) in [5, 5.41) is 9.69. The minimum Gasteiger partial charge on any atom is -0.477 e. The van der Waals surface area contributed by atoms with E-state index in [9.17, 15) is 19.5 Å². The molecule has 0 bridgehead atoms. The van der Waals surface area contributed by atoms with E-state index in [1.54, 1.807) is 0 Å². The predicted octanol–water partition coefficient (Wildman–Crippen LogP) is 16.2. The number of aliphatic carboxylic acids is 1.